The van der Waals surface area contributed by atoms with E-state index in [-0.39, 0.29) is 25.0 Å². The van der Waals surface area contributed by atoms with Crippen LogP contribution in [0.5, 0.6) is 0 Å². The van der Waals surface area contributed by atoms with Crippen molar-refractivity contribution in [3.63, 3.8) is 0 Å². The number of fused-ring (bicyclic) bond motifs is 1. The predicted molar refractivity (Wildman–Crippen MR) is 129 cm³/mol. The molecular formula is C23H27ClN4O3S. The third kappa shape index (κ3) is 5.15. The minimum absolute atomic E-state index is 0. The number of hydrogen-bond acceptors (Lipinski definition) is 5. The summed E-state index contributed by atoms with van der Waals surface area (Å²) in [5, 5.41) is 10.3. The van der Waals surface area contributed by atoms with E-state index >= 15 is 0 Å². The molecule has 32 heavy (non-hydrogen) atoms. The molecule has 7 nitrogen and oxygen atoms in total. The van der Waals surface area contributed by atoms with E-state index in [2.05, 4.69) is 20.5 Å². The summed E-state index contributed by atoms with van der Waals surface area (Å²) in [6.07, 6.45) is 4.98. The van der Waals surface area contributed by atoms with Crippen molar-refractivity contribution in [3.8, 4) is 5.00 Å². The van der Waals surface area contributed by atoms with Gasteiger partial charge in [0.25, 0.3) is 0 Å². The standard InChI is InChI=1S/C23H26N4O3S.ClH/c1-3-30-22(28)17-12-15(2)6-7-19(17)26-23(29)25-13-18-16-8-9-24-14-20(16)31-21(18)27-10-4-5-11-27;/h4-7,10-12,24H,3,8-9,13-14H2,1-2H3,(H2,25,26,29);1H. The fourth-order valence-electron chi connectivity index (χ4n) is 3.73. The number of amides is 2. The second-order valence-corrected chi connectivity index (χ2v) is 8.47. The molecule has 2 aromatic heterocycles. The van der Waals surface area contributed by atoms with Crippen molar-refractivity contribution in [2.45, 2.75) is 33.4 Å². The van der Waals surface area contributed by atoms with Gasteiger partial charge in [-0.2, -0.15) is 0 Å². The molecule has 0 unspecified atom stereocenters. The molecule has 3 aromatic rings. The van der Waals surface area contributed by atoms with Crippen molar-refractivity contribution in [3.05, 3.63) is 69.9 Å². The van der Waals surface area contributed by atoms with Gasteiger partial charge >= 0.3 is 12.0 Å². The fourth-order valence-corrected chi connectivity index (χ4v) is 5.03. The molecule has 2 amide bonds. The van der Waals surface area contributed by atoms with Gasteiger partial charge in [-0.25, -0.2) is 9.59 Å². The zero-order chi connectivity index (χ0) is 21.8. The van der Waals surface area contributed by atoms with Crippen LogP contribution in [0.2, 0.25) is 0 Å². The Hall–Kier alpha value is -2.81. The molecule has 0 atom stereocenters. The number of carbonyl (C=O) groups is 2. The van der Waals surface area contributed by atoms with Gasteiger partial charge in [-0.1, -0.05) is 11.6 Å². The first-order valence-electron chi connectivity index (χ1n) is 10.4. The molecule has 0 radical (unpaired) electrons. The fraction of sp³-hybridized carbons (Fsp3) is 0.304. The van der Waals surface area contributed by atoms with Gasteiger partial charge in [0.05, 0.1) is 17.9 Å². The molecule has 0 aliphatic carbocycles. The average Bonchev–Trinajstić information content (AvgIpc) is 3.41. The maximum atomic E-state index is 12.7. The summed E-state index contributed by atoms with van der Waals surface area (Å²) >= 11 is 1.76. The molecule has 0 spiro atoms. The molecule has 0 saturated heterocycles. The molecule has 0 fully saturated rings. The maximum absolute atomic E-state index is 12.7. The van der Waals surface area contributed by atoms with E-state index in [0.29, 0.717) is 17.8 Å². The van der Waals surface area contributed by atoms with Crippen molar-refractivity contribution in [2.75, 3.05) is 18.5 Å². The lowest BCUT2D eigenvalue weighted by Crippen LogP contribution is -2.30. The Morgan fingerprint density at radius 3 is 2.78 bits per heavy atom. The van der Waals surface area contributed by atoms with E-state index in [1.807, 2.05) is 37.5 Å². The number of urea groups is 1. The van der Waals surface area contributed by atoms with Crippen LogP contribution >= 0.6 is 23.7 Å². The van der Waals surface area contributed by atoms with Gasteiger partial charge in [-0.3, -0.25) is 0 Å². The highest BCUT2D eigenvalue weighted by atomic mass is 35.5. The van der Waals surface area contributed by atoms with Crippen LogP contribution in [0.1, 0.15) is 38.8 Å². The molecule has 3 heterocycles. The van der Waals surface area contributed by atoms with Gasteiger partial charge in [-0.15, -0.1) is 23.7 Å². The van der Waals surface area contributed by atoms with Crippen molar-refractivity contribution in [2.24, 2.45) is 0 Å². The second kappa shape index (κ2) is 10.7. The van der Waals surface area contributed by atoms with Crippen LogP contribution in [-0.2, 0) is 24.2 Å². The number of thiophene rings is 1. The molecule has 1 aliphatic rings. The van der Waals surface area contributed by atoms with Crippen molar-refractivity contribution in [1.82, 2.24) is 15.2 Å². The Bertz CT molecular complexity index is 1100. The number of esters is 1. The maximum Gasteiger partial charge on any atom is 0.340 e. The van der Waals surface area contributed by atoms with Crippen LogP contribution in [-0.4, -0.2) is 29.7 Å². The van der Waals surface area contributed by atoms with Crippen molar-refractivity contribution >= 4 is 41.4 Å². The first-order chi connectivity index (χ1) is 15.1. The smallest absolute Gasteiger partial charge is 0.340 e. The Balaban J connectivity index is 0.00000289. The summed E-state index contributed by atoms with van der Waals surface area (Å²) in [5.74, 6) is -0.448. The molecule has 4 rings (SSSR count). The van der Waals surface area contributed by atoms with E-state index in [1.165, 1.54) is 10.4 Å². The van der Waals surface area contributed by atoms with Crippen LogP contribution in [0.25, 0.3) is 5.00 Å². The summed E-state index contributed by atoms with van der Waals surface area (Å²) in [7, 11) is 0. The molecule has 0 bridgehead atoms. The molecular weight excluding hydrogens is 448 g/mol. The van der Waals surface area contributed by atoms with Gasteiger partial charge in [0.1, 0.15) is 5.00 Å². The summed E-state index contributed by atoms with van der Waals surface area (Å²) in [6, 6.07) is 8.93. The van der Waals surface area contributed by atoms with E-state index < -0.39 is 5.97 Å². The number of anilines is 1. The normalized spacial score (nSPS) is 12.4. The lowest BCUT2D eigenvalue weighted by Gasteiger charge is -2.16. The molecule has 1 aromatic carbocycles. The molecule has 170 valence electrons. The quantitative estimate of drug-likeness (QED) is 0.462. The molecule has 9 heteroatoms. The number of hydrogen-bond donors (Lipinski definition) is 3. The first-order valence-corrected chi connectivity index (χ1v) is 11.2. The van der Waals surface area contributed by atoms with Gasteiger partial charge in [0.2, 0.25) is 0 Å². The largest absolute Gasteiger partial charge is 0.462 e. The number of nitrogens with one attached hydrogen (secondary N) is 3. The number of rotatable bonds is 6. The van der Waals surface area contributed by atoms with Crippen LogP contribution in [0.15, 0.2) is 42.7 Å². The van der Waals surface area contributed by atoms with Crippen LogP contribution < -0.4 is 16.0 Å². The zero-order valence-electron chi connectivity index (χ0n) is 18.1. The summed E-state index contributed by atoms with van der Waals surface area (Å²) in [4.78, 5) is 26.3. The molecule has 1 aliphatic heterocycles. The van der Waals surface area contributed by atoms with Gasteiger partial charge in [0.15, 0.2) is 0 Å². The van der Waals surface area contributed by atoms with Crippen LogP contribution in [0, 0.1) is 6.92 Å². The lowest BCUT2D eigenvalue weighted by molar-refractivity contribution is 0.0527. The minimum Gasteiger partial charge on any atom is -0.462 e. The topological polar surface area (TPSA) is 84.4 Å². The minimum atomic E-state index is -0.448. The van der Waals surface area contributed by atoms with E-state index in [1.54, 1.807) is 30.4 Å². The van der Waals surface area contributed by atoms with Gasteiger partial charge in [-0.05, 0) is 56.6 Å². The first kappa shape index (κ1) is 23.8. The number of benzene rings is 1. The molecule has 0 saturated carbocycles. The van der Waals surface area contributed by atoms with Crippen LogP contribution in [0.4, 0.5) is 10.5 Å². The SMILES string of the molecule is CCOC(=O)c1cc(C)ccc1NC(=O)NCc1c(-n2cccc2)sc2c1CCNC2.Cl. The number of aryl methyl sites for hydroxylation is 1. The highest BCUT2D eigenvalue weighted by molar-refractivity contribution is 7.14. The Morgan fingerprint density at radius 1 is 1.25 bits per heavy atom. The van der Waals surface area contributed by atoms with E-state index in [9.17, 15) is 9.59 Å². The average molecular weight is 475 g/mol. The monoisotopic (exact) mass is 474 g/mol. The number of aromatic nitrogens is 1. The Labute approximate surface area is 197 Å². The number of nitrogens with zero attached hydrogens (tertiary/aromatic N) is 1. The van der Waals surface area contributed by atoms with E-state index in [0.717, 1.165) is 35.6 Å². The Morgan fingerprint density at radius 2 is 2.03 bits per heavy atom. The number of carbonyl (C=O) groups excluding carboxylic acids is 2. The third-order valence-corrected chi connectivity index (χ3v) is 6.49. The second-order valence-electron chi connectivity index (χ2n) is 7.38. The Kier molecular flexibility index (Phi) is 7.95. The zero-order valence-corrected chi connectivity index (χ0v) is 19.7. The number of halogens is 1. The number of ether oxygens (including phenoxy) is 1. The van der Waals surface area contributed by atoms with Gasteiger partial charge in [0, 0.05) is 35.9 Å². The third-order valence-electron chi connectivity index (χ3n) is 5.20. The highest BCUT2D eigenvalue weighted by Crippen LogP contribution is 2.34. The van der Waals surface area contributed by atoms with E-state index in [4.69, 9.17) is 4.74 Å². The van der Waals surface area contributed by atoms with Crippen LogP contribution in [0.3, 0.4) is 0 Å². The molecule has 3 N–H and O–H groups in total. The summed E-state index contributed by atoms with van der Waals surface area (Å²) in [6.45, 7) is 6.12. The summed E-state index contributed by atoms with van der Waals surface area (Å²) in [5.41, 5.74) is 4.16. The van der Waals surface area contributed by atoms with Crippen molar-refractivity contribution in [1.29, 1.82) is 0 Å². The highest BCUT2D eigenvalue weighted by Gasteiger charge is 2.22. The van der Waals surface area contributed by atoms with Crippen molar-refractivity contribution < 1.29 is 14.3 Å². The lowest BCUT2D eigenvalue weighted by atomic mass is 10.0. The predicted octanol–water partition coefficient (Wildman–Crippen LogP) is 4.41. The summed E-state index contributed by atoms with van der Waals surface area (Å²) < 4.78 is 7.22. The van der Waals surface area contributed by atoms with Gasteiger partial charge < -0.3 is 25.3 Å².